The van der Waals surface area contributed by atoms with Crippen LogP contribution < -0.4 is 5.32 Å². The Labute approximate surface area is 121 Å². The van der Waals surface area contributed by atoms with E-state index >= 15 is 0 Å². The van der Waals surface area contributed by atoms with Gasteiger partial charge in [0.2, 0.25) is 0 Å². The molecular weight excluding hydrogens is 282 g/mol. The summed E-state index contributed by atoms with van der Waals surface area (Å²) in [6, 6.07) is 3.52. The molecule has 2 rings (SSSR count). The quantitative estimate of drug-likeness (QED) is 0.586. The van der Waals surface area contributed by atoms with Crippen molar-refractivity contribution in [3.8, 4) is 0 Å². The second-order valence-electron chi connectivity index (χ2n) is 5.43. The van der Waals surface area contributed by atoms with Gasteiger partial charge in [0.05, 0.1) is 4.92 Å². The number of nitrogens with one attached hydrogen (secondary N) is 1. The predicted octanol–water partition coefficient (Wildman–Crippen LogP) is 3.76. The molecule has 0 atom stereocenters. The number of halogens is 2. The Bertz CT molecular complexity index is 519. The van der Waals surface area contributed by atoms with Crippen molar-refractivity contribution in [2.45, 2.75) is 25.7 Å². The number of rotatable bonds is 8. The molecule has 21 heavy (non-hydrogen) atoms. The lowest BCUT2D eigenvalue weighted by atomic mass is 10.0. The topological polar surface area (TPSA) is 64.4 Å². The molecule has 1 saturated carbocycles. The summed E-state index contributed by atoms with van der Waals surface area (Å²) in [7, 11) is 1.63. The molecule has 0 aliphatic heterocycles. The Balaban J connectivity index is 2.07. The zero-order valence-corrected chi connectivity index (χ0v) is 11.8. The minimum Gasteiger partial charge on any atom is -0.385 e. The average molecular weight is 300 g/mol. The second kappa shape index (κ2) is 6.34. The van der Waals surface area contributed by atoms with Crippen molar-refractivity contribution in [3.05, 3.63) is 33.9 Å². The molecule has 0 heterocycles. The SMILES string of the molecule is COCCC1(CNc2ccc([N+](=O)[O-])cc2C(F)F)CC1. The summed E-state index contributed by atoms with van der Waals surface area (Å²) in [6.07, 6.45) is 0.218. The summed E-state index contributed by atoms with van der Waals surface area (Å²) in [4.78, 5) is 9.99. The average Bonchev–Trinajstić information content (AvgIpc) is 3.23. The fourth-order valence-electron chi connectivity index (χ4n) is 2.30. The molecule has 7 heteroatoms. The Morgan fingerprint density at radius 1 is 1.48 bits per heavy atom. The molecule has 0 unspecified atom stereocenters. The molecule has 1 N–H and O–H groups in total. The number of nitro benzene ring substituents is 1. The van der Waals surface area contributed by atoms with Crippen LogP contribution in [0.2, 0.25) is 0 Å². The van der Waals surface area contributed by atoms with Gasteiger partial charge in [-0.15, -0.1) is 0 Å². The Morgan fingerprint density at radius 2 is 2.19 bits per heavy atom. The van der Waals surface area contributed by atoms with Gasteiger partial charge in [-0.05, 0) is 30.7 Å². The second-order valence-corrected chi connectivity index (χ2v) is 5.43. The first-order valence-corrected chi connectivity index (χ1v) is 6.77. The van der Waals surface area contributed by atoms with Crippen LogP contribution in [0.4, 0.5) is 20.2 Å². The van der Waals surface area contributed by atoms with Crippen molar-refractivity contribution in [1.82, 2.24) is 0 Å². The maximum atomic E-state index is 13.0. The van der Waals surface area contributed by atoms with E-state index in [4.69, 9.17) is 4.74 Å². The van der Waals surface area contributed by atoms with E-state index in [2.05, 4.69) is 5.32 Å². The number of benzene rings is 1. The summed E-state index contributed by atoms with van der Waals surface area (Å²) in [5.41, 5.74) is -0.278. The number of nitrogens with zero attached hydrogens (tertiary/aromatic N) is 1. The van der Waals surface area contributed by atoms with E-state index in [1.165, 1.54) is 12.1 Å². The van der Waals surface area contributed by atoms with Gasteiger partial charge in [-0.3, -0.25) is 10.1 Å². The fourth-order valence-corrected chi connectivity index (χ4v) is 2.30. The third-order valence-corrected chi connectivity index (χ3v) is 3.93. The van der Waals surface area contributed by atoms with E-state index in [0.29, 0.717) is 13.2 Å². The first-order chi connectivity index (χ1) is 9.97. The van der Waals surface area contributed by atoms with Crippen LogP contribution >= 0.6 is 0 Å². The predicted molar refractivity (Wildman–Crippen MR) is 74.7 cm³/mol. The molecule has 0 radical (unpaired) electrons. The standard InChI is InChI=1S/C14H18F2N2O3/c1-21-7-6-14(4-5-14)9-17-12-3-2-10(18(19)20)8-11(12)13(15)16/h2-3,8,13,17H,4-7,9H2,1H3. The van der Waals surface area contributed by atoms with E-state index in [-0.39, 0.29) is 22.4 Å². The van der Waals surface area contributed by atoms with Gasteiger partial charge in [0.25, 0.3) is 12.1 Å². The number of non-ortho nitro benzene ring substituents is 1. The van der Waals surface area contributed by atoms with E-state index < -0.39 is 11.3 Å². The number of nitro groups is 1. The van der Waals surface area contributed by atoms with Crippen molar-refractivity contribution >= 4 is 11.4 Å². The van der Waals surface area contributed by atoms with Gasteiger partial charge in [0.15, 0.2) is 0 Å². The molecule has 0 spiro atoms. The van der Waals surface area contributed by atoms with Crippen molar-refractivity contribution in [1.29, 1.82) is 0 Å². The number of alkyl halides is 2. The Kier molecular flexibility index (Phi) is 4.72. The highest BCUT2D eigenvalue weighted by Crippen LogP contribution is 2.49. The van der Waals surface area contributed by atoms with Crippen LogP contribution in [0.5, 0.6) is 0 Å². The highest BCUT2D eigenvalue weighted by molar-refractivity contribution is 5.56. The van der Waals surface area contributed by atoms with Gasteiger partial charge in [-0.1, -0.05) is 0 Å². The molecule has 0 aromatic heterocycles. The maximum Gasteiger partial charge on any atom is 0.270 e. The molecule has 1 fully saturated rings. The molecule has 1 aromatic carbocycles. The lowest BCUT2D eigenvalue weighted by Gasteiger charge is -2.18. The van der Waals surface area contributed by atoms with Crippen molar-refractivity contribution in [2.75, 3.05) is 25.6 Å². The van der Waals surface area contributed by atoms with E-state index in [0.717, 1.165) is 25.3 Å². The number of ether oxygens (including phenoxy) is 1. The molecule has 1 aromatic rings. The Morgan fingerprint density at radius 3 is 2.71 bits per heavy atom. The van der Waals surface area contributed by atoms with Crippen LogP contribution in [-0.2, 0) is 4.74 Å². The van der Waals surface area contributed by atoms with Crippen LogP contribution in [0.15, 0.2) is 18.2 Å². The zero-order chi connectivity index (χ0) is 15.5. The highest BCUT2D eigenvalue weighted by atomic mass is 19.3. The molecule has 5 nitrogen and oxygen atoms in total. The fraction of sp³-hybridized carbons (Fsp3) is 0.571. The number of anilines is 1. The zero-order valence-electron chi connectivity index (χ0n) is 11.8. The van der Waals surface area contributed by atoms with Gasteiger partial charge in [-0.25, -0.2) is 8.78 Å². The highest BCUT2D eigenvalue weighted by Gasteiger charge is 2.41. The van der Waals surface area contributed by atoms with Crippen molar-refractivity contribution in [2.24, 2.45) is 5.41 Å². The Hall–Kier alpha value is -1.76. The lowest BCUT2D eigenvalue weighted by Crippen LogP contribution is -2.18. The molecular formula is C14H18F2N2O3. The molecule has 1 aliphatic carbocycles. The van der Waals surface area contributed by atoms with E-state index in [9.17, 15) is 18.9 Å². The summed E-state index contributed by atoms with van der Waals surface area (Å²) >= 11 is 0. The molecule has 0 bridgehead atoms. The van der Waals surface area contributed by atoms with Crippen LogP contribution in [0, 0.1) is 15.5 Å². The smallest absolute Gasteiger partial charge is 0.270 e. The van der Waals surface area contributed by atoms with Crippen molar-refractivity contribution < 1.29 is 18.4 Å². The van der Waals surface area contributed by atoms with Gasteiger partial charge in [0.1, 0.15) is 0 Å². The van der Waals surface area contributed by atoms with Crippen LogP contribution in [0.1, 0.15) is 31.3 Å². The number of hydrogen-bond acceptors (Lipinski definition) is 4. The minimum absolute atomic E-state index is 0.108. The number of hydrogen-bond donors (Lipinski definition) is 1. The molecule has 116 valence electrons. The minimum atomic E-state index is -2.75. The monoisotopic (exact) mass is 300 g/mol. The van der Waals surface area contributed by atoms with Gasteiger partial charge in [0, 0.05) is 43.6 Å². The van der Waals surface area contributed by atoms with Gasteiger partial charge >= 0.3 is 0 Å². The molecule has 0 saturated heterocycles. The summed E-state index contributed by atoms with van der Waals surface area (Å²) in [6.45, 7) is 1.22. The maximum absolute atomic E-state index is 13.0. The molecule has 0 amide bonds. The lowest BCUT2D eigenvalue weighted by molar-refractivity contribution is -0.385. The van der Waals surface area contributed by atoms with E-state index in [1.54, 1.807) is 7.11 Å². The van der Waals surface area contributed by atoms with Crippen LogP contribution in [0.3, 0.4) is 0 Å². The largest absolute Gasteiger partial charge is 0.385 e. The summed E-state index contributed by atoms with van der Waals surface area (Å²) in [5.74, 6) is 0. The van der Waals surface area contributed by atoms with E-state index in [1.807, 2.05) is 0 Å². The third kappa shape index (κ3) is 3.87. The first-order valence-electron chi connectivity index (χ1n) is 6.77. The van der Waals surface area contributed by atoms with Gasteiger partial charge in [-0.2, -0.15) is 0 Å². The first kappa shape index (κ1) is 15.6. The van der Waals surface area contributed by atoms with Gasteiger partial charge < -0.3 is 10.1 Å². The summed E-state index contributed by atoms with van der Waals surface area (Å²) < 4.78 is 31.1. The molecule has 1 aliphatic rings. The third-order valence-electron chi connectivity index (χ3n) is 3.93. The van der Waals surface area contributed by atoms with Crippen molar-refractivity contribution in [3.63, 3.8) is 0 Å². The normalized spacial score (nSPS) is 16.0. The number of methoxy groups -OCH3 is 1. The summed E-state index contributed by atoms with van der Waals surface area (Å²) in [5, 5.41) is 13.7. The van der Waals surface area contributed by atoms with Crippen LogP contribution in [-0.4, -0.2) is 25.2 Å². The van der Waals surface area contributed by atoms with Crippen LogP contribution in [0.25, 0.3) is 0 Å².